The molecule has 0 aliphatic carbocycles. The van der Waals surface area contributed by atoms with Gasteiger partial charge >= 0.3 is 5.97 Å². The number of primary amides is 1. The number of carbonyl (C=O) groups is 5. The lowest BCUT2D eigenvalue weighted by molar-refractivity contribution is -0.143. The van der Waals surface area contributed by atoms with Crippen LogP contribution in [0.1, 0.15) is 25.0 Å². The van der Waals surface area contributed by atoms with E-state index in [1.54, 1.807) is 0 Å². The zero-order valence-electron chi connectivity index (χ0n) is 17.2. The predicted octanol–water partition coefficient (Wildman–Crippen LogP) is -3.89. The van der Waals surface area contributed by atoms with Crippen LogP contribution in [0.2, 0.25) is 0 Å². The number of nitrogens with two attached hydrogens (primary N) is 1. The Bertz CT molecular complexity index is 824. The first kappa shape index (κ1) is 24.7. The fourth-order valence-corrected chi connectivity index (χ4v) is 3.15. The van der Waals surface area contributed by atoms with Crippen LogP contribution in [0.25, 0.3) is 0 Å². The molecule has 4 atom stereocenters. The van der Waals surface area contributed by atoms with Gasteiger partial charge in [-0.2, -0.15) is 0 Å². The number of hydrogen-bond donors (Lipinski definition) is 8. The van der Waals surface area contributed by atoms with Crippen LogP contribution in [0.3, 0.4) is 0 Å². The lowest BCUT2D eigenvalue weighted by Gasteiger charge is -2.24. The van der Waals surface area contributed by atoms with Gasteiger partial charge in [0.25, 0.3) is 0 Å². The first-order valence-corrected chi connectivity index (χ1v) is 9.95. The summed E-state index contributed by atoms with van der Waals surface area (Å²) in [5.41, 5.74) is 5.47. The Kier molecular flexibility index (Phi) is 9.09. The Hall–Kier alpha value is -3.52. The number of imidazole rings is 1. The van der Waals surface area contributed by atoms with Crippen LogP contribution in [-0.4, -0.2) is 87.1 Å². The van der Waals surface area contributed by atoms with Crippen molar-refractivity contribution in [2.24, 2.45) is 5.73 Å². The molecule has 1 fully saturated rings. The molecular formula is C18H27N7O7. The molecule has 0 bridgehead atoms. The molecule has 1 aliphatic rings. The summed E-state index contributed by atoms with van der Waals surface area (Å²) < 4.78 is 0. The summed E-state index contributed by atoms with van der Waals surface area (Å²) in [4.78, 5) is 66.6. The Balaban J connectivity index is 2.09. The van der Waals surface area contributed by atoms with Crippen LogP contribution in [-0.2, 0) is 30.4 Å². The van der Waals surface area contributed by atoms with E-state index >= 15 is 0 Å². The molecule has 14 heteroatoms. The number of carbonyl (C=O) groups excluding carboxylic acids is 4. The minimum Gasteiger partial charge on any atom is -0.480 e. The van der Waals surface area contributed by atoms with Gasteiger partial charge in [0.1, 0.15) is 18.1 Å². The smallest absolute Gasteiger partial charge is 0.326 e. The predicted molar refractivity (Wildman–Crippen MR) is 108 cm³/mol. The average molecular weight is 453 g/mol. The second kappa shape index (κ2) is 11.8. The summed E-state index contributed by atoms with van der Waals surface area (Å²) in [7, 11) is 0. The Labute approximate surface area is 182 Å². The van der Waals surface area contributed by atoms with E-state index in [4.69, 9.17) is 5.73 Å². The summed E-state index contributed by atoms with van der Waals surface area (Å²) in [6, 6.07) is -4.70. The molecule has 0 saturated carbocycles. The number of nitrogens with zero attached hydrogens (tertiary/aromatic N) is 1. The maximum Gasteiger partial charge on any atom is 0.326 e. The van der Waals surface area contributed by atoms with Gasteiger partial charge in [-0.1, -0.05) is 0 Å². The number of aliphatic carboxylic acids is 1. The number of rotatable bonds is 12. The van der Waals surface area contributed by atoms with E-state index in [0.717, 1.165) is 6.42 Å². The molecular weight excluding hydrogens is 426 g/mol. The van der Waals surface area contributed by atoms with E-state index in [9.17, 15) is 34.2 Å². The number of nitrogens with one attached hydrogen (secondary N) is 5. The Morgan fingerprint density at radius 2 is 1.81 bits per heavy atom. The highest BCUT2D eigenvalue weighted by Gasteiger charge is 2.32. The van der Waals surface area contributed by atoms with Crippen LogP contribution in [0.15, 0.2) is 12.5 Å². The molecule has 2 heterocycles. The number of H-pyrrole nitrogens is 1. The van der Waals surface area contributed by atoms with Crippen molar-refractivity contribution in [3.8, 4) is 0 Å². The van der Waals surface area contributed by atoms with Crippen molar-refractivity contribution in [1.29, 1.82) is 0 Å². The third-order valence-corrected chi connectivity index (χ3v) is 4.82. The van der Waals surface area contributed by atoms with Crippen molar-refractivity contribution in [1.82, 2.24) is 31.2 Å². The molecule has 14 nitrogen and oxygen atoms in total. The minimum atomic E-state index is -1.59. The highest BCUT2D eigenvalue weighted by atomic mass is 16.4. The molecule has 1 aromatic rings. The maximum absolute atomic E-state index is 12.7. The molecule has 0 aromatic carbocycles. The summed E-state index contributed by atoms with van der Waals surface area (Å²) in [6.07, 6.45) is 3.40. The van der Waals surface area contributed by atoms with Gasteiger partial charge in [-0.05, 0) is 19.4 Å². The summed E-state index contributed by atoms with van der Waals surface area (Å²) in [6.45, 7) is -0.0569. The van der Waals surface area contributed by atoms with Crippen molar-refractivity contribution >= 4 is 29.6 Å². The van der Waals surface area contributed by atoms with Gasteiger partial charge in [-0.25, -0.2) is 9.78 Å². The van der Waals surface area contributed by atoms with E-state index < -0.39 is 66.8 Å². The normalized spacial score (nSPS) is 18.2. The largest absolute Gasteiger partial charge is 0.480 e. The van der Waals surface area contributed by atoms with Crippen molar-refractivity contribution in [3.05, 3.63) is 18.2 Å². The second-order valence-electron chi connectivity index (χ2n) is 7.30. The quantitative estimate of drug-likeness (QED) is 0.154. The van der Waals surface area contributed by atoms with Gasteiger partial charge in [0.15, 0.2) is 0 Å². The number of carboxylic acids is 1. The molecule has 32 heavy (non-hydrogen) atoms. The topological polar surface area (TPSA) is 229 Å². The van der Waals surface area contributed by atoms with E-state index in [-0.39, 0.29) is 6.42 Å². The van der Waals surface area contributed by atoms with Crippen molar-refractivity contribution < 1.29 is 34.2 Å². The molecule has 4 amide bonds. The fraction of sp³-hybridized carbons (Fsp3) is 0.556. The number of aliphatic hydroxyl groups is 1. The third kappa shape index (κ3) is 7.31. The summed E-state index contributed by atoms with van der Waals surface area (Å²) >= 11 is 0. The van der Waals surface area contributed by atoms with Gasteiger partial charge in [0, 0.05) is 18.3 Å². The number of hydrogen-bond acceptors (Lipinski definition) is 8. The van der Waals surface area contributed by atoms with Crippen LogP contribution in [0, 0.1) is 0 Å². The Morgan fingerprint density at radius 3 is 2.34 bits per heavy atom. The number of amides is 4. The molecule has 0 radical (unpaired) electrons. The average Bonchev–Trinajstić information content (AvgIpc) is 3.44. The van der Waals surface area contributed by atoms with Crippen molar-refractivity contribution in [2.45, 2.75) is 49.9 Å². The van der Waals surface area contributed by atoms with Crippen LogP contribution < -0.4 is 27.0 Å². The minimum absolute atomic E-state index is 0.100. The lowest BCUT2D eigenvalue weighted by Crippen LogP contribution is -2.58. The van der Waals surface area contributed by atoms with Gasteiger partial charge in [-0.15, -0.1) is 0 Å². The molecule has 2 rings (SSSR count). The van der Waals surface area contributed by atoms with Gasteiger partial charge < -0.3 is 42.2 Å². The van der Waals surface area contributed by atoms with Gasteiger partial charge in [-0.3, -0.25) is 19.2 Å². The zero-order valence-corrected chi connectivity index (χ0v) is 17.2. The van der Waals surface area contributed by atoms with Crippen LogP contribution >= 0.6 is 0 Å². The molecule has 0 spiro atoms. The highest BCUT2D eigenvalue weighted by molar-refractivity contribution is 5.95. The molecule has 4 unspecified atom stereocenters. The van der Waals surface area contributed by atoms with Crippen LogP contribution in [0.4, 0.5) is 0 Å². The standard InChI is InChI=1S/C18H27N7O7/c19-14(27)5-12(18(31)32)24-16(29)11(4-9-6-20-8-22-9)23-17(30)13(7-26)25-15(28)10-2-1-3-21-10/h6,8,10-13,21,26H,1-5,7H2,(H2,19,27)(H,20,22)(H,23,30)(H,24,29)(H,25,28)(H,31,32). The SMILES string of the molecule is NC(=O)CC(NC(=O)C(Cc1cnc[nH]1)NC(=O)C(CO)NC(=O)C1CCCN1)C(=O)O. The highest BCUT2D eigenvalue weighted by Crippen LogP contribution is 2.06. The molecule has 1 aliphatic heterocycles. The van der Waals surface area contributed by atoms with E-state index in [1.165, 1.54) is 12.5 Å². The zero-order chi connectivity index (χ0) is 23.7. The monoisotopic (exact) mass is 453 g/mol. The number of aliphatic hydroxyl groups excluding tert-OH is 1. The van der Waals surface area contributed by atoms with E-state index in [0.29, 0.717) is 18.7 Å². The van der Waals surface area contributed by atoms with E-state index in [2.05, 4.69) is 31.2 Å². The van der Waals surface area contributed by atoms with E-state index in [1.807, 2.05) is 0 Å². The maximum atomic E-state index is 12.7. The number of aromatic amines is 1. The second-order valence-corrected chi connectivity index (χ2v) is 7.30. The first-order valence-electron chi connectivity index (χ1n) is 9.95. The number of carboxylic acid groups (broad SMARTS) is 1. The molecule has 1 aromatic heterocycles. The summed E-state index contributed by atoms with van der Waals surface area (Å²) in [5.74, 6) is -4.62. The van der Waals surface area contributed by atoms with Gasteiger partial charge in [0.2, 0.25) is 23.6 Å². The molecule has 9 N–H and O–H groups in total. The van der Waals surface area contributed by atoms with Crippen LogP contribution in [0.5, 0.6) is 0 Å². The Morgan fingerprint density at radius 1 is 1.12 bits per heavy atom. The van der Waals surface area contributed by atoms with Crippen molar-refractivity contribution in [3.63, 3.8) is 0 Å². The third-order valence-electron chi connectivity index (χ3n) is 4.82. The lowest BCUT2D eigenvalue weighted by atomic mass is 10.1. The fourth-order valence-electron chi connectivity index (χ4n) is 3.15. The molecule has 176 valence electrons. The molecule has 1 saturated heterocycles. The first-order chi connectivity index (χ1) is 15.2. The van der Waals surface area contributed by atoms with Crippen molar-refractivity contribution in [2.75, 3.05) is 13.2 Å². The summed E-state index contributed by atoms with van der Waals surface area (Å²) in [5, 5.41) is 28.7. The number of aromatic nitrogens is 2. The van der Waals surface area contributed by atoms with Gasteiger partial charge in [0.05, 0.1) is 25.4 Å².